The number of thiophene rings is 1. The summed E-state index contributed by atoms with van der Waals surface area (Å²) in [4.78, 5) is 42.9. The number of piperidine rings is 1. The molecule has 2 aromatic heterocycles. The number of rotatable bonds is 7. The number of carbonyl (C=O) groups is 3. The van der Waals surface area contributed by atoms with Gasteiger partial charge in [-0.15, -0.1) is 0 Å². The highest BCUT2D eigenvalue weighted by atomic mass is 32.1. The maximum atomic E-state index is 12.5. The zero-order valence-electron chi connectivity index (χ0n) is 16.5. The van der Waals surface area contributed by atoms with E-state index in [1.54, 1.807) is 28.6 Å². The molecule has 1 fully saturated rings. The molecule has 1 aliphatic rings. The van der Waals surface area contributed by atoms with Crippen LogP contribution in [0, 0.1) is 12.8 Å². The van der Waals surface area contributed by atoms with Crippen LogP contribution in [0.5, 0.6) is 0 Å². The molecule has 29 heavy (non-hydrogen) atoms. The van der Waals surface area contributed by atoms with Crippen LogP contribution in [0.3, 0.4) is 0 Å². The van der Waals surface area contributed by atoms with Crippen molar-refractivity contribution in [2.45, 2.75) is 32.6 Å². The molecule has 0 aliphatic carbocycles. The van der Waals surface area contributed by atoms with E-state index in [0.717, 1.165) is 18.4 Å². The molecule has 1 aliphatic heterocycles. The third-order valence-electron chi connectivity index (χ3n) is 4.94. The predicted molar refractivity (Wildman–Crippen MR) is 113 cm³/mol. The van der Waals surface area contributed by atoms with Gasteiger partial charge in [0, 0.05) is 43.2 Å². The summed E-state index contributed by atoms with van der Waals surface area (Å²) in [6.07, 6.45) is 4.22. The van der Waals surface area contributed by atoms with Gasteiger partial charge in [0.25, 0.3) is 5.91 Å². The van der Waals surface area contributed by atoms with Gasteiger partial charge in [-0.05, 0) is 49.3 Å². The number of amides is 3. The zero-order valence-corrected chi connectivity index (χ0v) is 17.3. The first-order valence-corrected chi connectivity index (χ1v) is 10.8. The van der Waals surface area contributed by atoms with Gasteiger partial charge in [-0.3, -0.25) is 14.4 Å². The van der Waals surface area contributed by atoms with E-state index in [4.69, 9.17) is 0 Å². The summed E-state index contributed by atoms with van der Waals surface area (Å²) in [5.74, 6) is 0.125. The van der Waals surface area contributed by atoms with Gasteiger partial charge in [-0.1, -0.05) is 6.07 Å². The van der Waals surface area contributed by atoms with Crippen LogP contribution < -0.4 is 10.6 Å². The van der Waals surface area contributed by atoms with Crippen molar-refractivity contribution in [3.63, 3.8) is 0 Å². The molecule has 0 radical (unpaired) electrons. The van der Waals surface area contributed by atoms with Gasteiger partial charge in [0.2, 0.25) is 11.8 Å². The fourth-order valence-corrected chi connectivity index (χ4v) is 3.92. The monoisotopic (exact) mass is 414 g/mol. The van der Waals surface area contributed by atoms with E-state index in [1.807, 2.05) is 18.4 Å². The number of aromatic nitrogens is 1. The molecule has 8 heteroatoms. The fourth-order valence-electron chi connectivity index (χ4n) is 3.28. The molecular weight excluding hydrogens is 388 g/mol. The maximum Gasteiger partial charge on any atom is 0.252 e. The van der Waals surface area contributed by atoms with Crippen LogP contribution in [-0.2, 0) is 9.59 Å². The molecule has 0 bridgehead atoms. The van der Waals surface area contributed by atoms with Crippen molar-refractivity contribution < 1.29 is 14.4 Å². The molecule has 154 valence electrons. The third-order valence-corrected chi connectivity index (χ3v) is 5.63. The van der Waals surface area contributed by atoms with Crippen LogP contribution >= 0.6 is 11.3 Å². The molecule has 1 saturated heterocycles. The van der Waals surface area contributed by atoms with Crippen molar-refractivity contribution in [3.05, 3.63) is 46.3 Å². The van der Waals surface area contributed by atoms with E-state index >= 15 is 0 Å². The lowest BCUT2D eigenvalue weighted by atomic mass is 9.96. The first-order valence-electron chi connectivity index (χ1n) is 9.84. The van der Waals surface area contributed by atoms with Crippen LogP contribution in [0.1, 0.15) is 41.6 Å². The first kappa shape index (κ1) is 21.0. The molecule has 0 spiro atoms. The highest BCUT2D eigenvalue weighted by molar-refractivity contribution is 7.08. The molecular formula is C21H26N4O3S. The van der Waals surface area contributed by atoms with Gasteiger partial charge in [-0.25, -0.2) is 4.98 Å². The normalized spacial score (nSPS) is 16.3. The number of pyridine rings is 1. The van der Waals surface area contributed by atoms with E-state index in [0.29, 0.717) is 43.9 Å². The second kappa shape index (κ2) is 10.2. The largest absolute Gasteiger partial charge is 0.352 e. The van der Waals surface area contributed by atoms with Crippen LogP contribution in [0.2, 0.25) is 0 Å². The van der Waals surface area contributed by atoms with Gasteiger partial charge in [0.15, 0.2) is 0 Å². The Morgan fingerprint density at radius 2 is 2.14 bits per heavy atom. The summed E-state index contributed by atoms with van der Waals surface area (Å²) in [7, 11) is 0. The van der Waals surface area contributed by atoms with Gasteiger partial charge in [-0.2, -0.15) is 11.3 Å². The summed E-state index contributed by atoms with van der Waals surface area (Å²) in [6.45, 7) is 3.50. The number of carbonyl (C=O) groups excluding carboxylic acids is 3. The Morgan fingerprint density at radius 1 is 1.28 bits per heavy atom. The molecule has 2 aromatic rings. The Bertz CT molecular complexity index is 836. The van der Waals surface area contributed by atoms with Crippen molar-refractivity contribution in [2.75, 3.05) is 25.0 Å². The Balaban J connectivity index is 1.41. The Kier molecular flexibility index (Phi) is 7.35. The molecule has 2 N–H and O–H groups in total. The van der Waals surface area contributed by atoms with Crippen LogP contribution in [0.25, 0.3) is 0 Å². The van der Waals surface area contributed by atoms with Crippen molar-refractivity contribution in [1.82, 2.24) is 15.2 Å². The highest BCUT2D eigenvalue weighted by Gasteiger charge is 2.28. The van der Waals surface area contributed by atoms with E-state index in [-0.39, 0.29) is 23.6 Å². The van der Waals surface area contributed by atoms with Gasteiger partial charge in [0.05, 0.1) is 5.92 Å². The number of likely N-dealkylation sites (tertiary alicyclic amines) is 1. The minimum atomic E-state index is -0.228. The molecule has 0 saturated carbocycles. The summed E-state index contributed by atoms with van der Waals surface area (Å²) in [5, 5.41) is 9.32. The lowest BCUT2D eigenvalue weighted by molar-refractivity contribution is -0.134. The minimum absolute atomic E-state index is 0.0285. The van der Waals surface area contributed by atoms with Gasteiger partial charge < -0.3 is 15.5 Å². The average Bonchev–Trinajstić information content (AvgIpc) is 3.27. The molecule has 1 unspecified atom stereocenters. The second-order valence-electron chi connectivity index (χ2n) is 7.26. The lowest BCUT2D eigenvalue weighted by Gasteiger charge is -2.32. The van der Waals surface area contributed by atoms with E-state index in [9.17, 15) is 14.4 Å². The first-order chi connectivity index (χ1) is 14.0. The number of hydrogen-bond acceptors (Lipinski definition) is 5. The molecule has 3 heterocycles. The quantitative estimate of drug-likeness (QED) is 0.682. The van der Waals surface area contributed by atoms with E-state index in [2.05, 4.69) is 15.6 Å². The standard InChI is InChI=1S/C21H26N4O3S/c1-15-6-7-18(23-12-15)24-21(28)16-4-3-10-25(13-16)19(26)5-2-9-22-20(27)17-8-11-29-14-17/h6-8,11-12,14,16H,2-5,9-10,13H2,1H3,(H,22,27)(H,23,24,28). The van der Waals surface area contributed by atoms with Crippen LogP contribution in [0.4, 0.5) is 5.82 Å². The molecule has 3 rings (SSSR count). The number of hydrogen-bond donors (Lipinski definition) is 2. The molecule has 1 atom stereocenters. The number of nitrogens with zero attached hydrogens (tertiary/aromatic N) is 2. The number of anilines is 1. The lowest BCUT2D eigenvalue weighted by Crippen LogP contribution is -2.44. The number of nitrogens with one attached hydrogen (secondary N) is 2. The topological polar surface area (TPSA) is 91.4 Å². The highest BCUT2D eigenvalue weighted by Crippen LogP contribution is 2.19. The minimum Gasteiger partial charge on any atom is -0.352 e. The van der Waals surface area contributed by atoms with Crippen LogP contribution in [-0.4, -0.2) is 47.2 Å². The second-order valence-corrected chi connectivity index (χ2v) is 8.04. The van der Waals surface area contributed by atoms with E-state index < -0.39 is 0 Å². The Labute approximate surface area is 174 Å². The summed E-state index contributed by atoms with van der Waals surface area (Å²) < 4.78 is 0. The zero-order chi connectivity index (χ0) is 20.6. The number of aryl methyl sites for hydroxylation is 1. The van der Waals surface area contributed by atoms with E-state index in [1.165, 1.54) is 11.3 Å². The fraction of sp³-hybridized carbons (Fsp3) is 0.429. The van der Waals surface area contributed by atoms with Gasteiger partial charge >= 0.3 is 0 Å². The molecule has 7 nitrogen and oxygen atoms in total. The Hall–Kier alpha value is -2.74. The van der Waals surface area contributed by atoms with Crippen molar-refractivity contribution in [1.29, 1.82) is 0 Å². The maximum absolute atomic E-state index is 12.5. The van der Waals surface area contributed by atoms with Crippen molar-refractivity contribution >= 4 is 34.9 Å². The Morgan fingerprint density at radius 3 is 2.86 bits per heavy atom. The van der Waals surface area contributed by atoms with Crippen molar-refractivity contribution in [3.8, 4) is 0 Å². The smallest absolute Gasteiger partial charge is 0.252 e. The third kappa shape index (κ3) is 6.12. The van der Waals surface area contributed by atoms with Crippen LogP contribution in [0.15, 0.2) is 35.2 Å². The average molecular weight is 415 g/mol. The predicted octanol–water partition coefficient (Wildman–Crippen LogP) is 2.84. The summed E-state index contributed by atoms with van der Waals surface area (Å²) >= 11 is 1.48. The summed E-state index contributed by atoms with van der Waals surface area (Å²) in [5.41, 5.74) is 1.68. The SMILES string of the molecule is Cc1ccc(NC(=O)C2CCCN(C(=O)CCCNC(=O)c3ccsc3)C2)nc1. The van der Waals surface area contributed by atoms with Gasteiger partial charge in [0.1, 0.15) is 5.82 Å². The molecule has 3 amide bonds. The van der Waals surface area contributed by atoms with Crippen molar-refractivity contribution in [2.24, 2.45) is 5.92 Å². The summed E-state index contributed by atoms with van der Waals surface area (Å²) in [6, 6.07) is 5.45. The molecule has 0 aromatic carbocycles.